The zero-order valence-electron chi connectivity index (χ0n) is 7.12. The fraction of sp³-hybridized carbons (Fsp3) is 0.100. The summed E-state index contributed by atoms with van der Waals surface area (Å²) in [6.07, 6.45) is 0. The maximum Gasteiger partial charge on any atom is 0.0590 e. The Morgan fingerprint density at radius 3 is 2.62 bits per heavy atom. The Labute approximate surface area is 86.2 Å². The Morgan fingerprint density at radius 1 is 1.23 bits per heavy atom. The van der Waals surface area contributed by atoms with Crippen molar-refractivity contribution in [3.63, 3.8) is 0 Å². The highest BCUT2D eigenvalue weighted by Gasteiger charge is 2.06. The summed E-state index contributed by atoms with van der Waals surface area (Å²) in [7, 11) is 0. The molecule has 0 saturated carbocycles. The van der Waals surface area contributed by atoms with Gasteiger partial charge in [-0.05, 0) is 24.5 Å². The maximum atomic E-state index is 6.06. The third-order valence-electron chi connectivity index (χ3n) is 1.91. The molecule has 3 heteroatoms. The van der Waals surface area contributed by atoms with Gasteiger partial charge in [-0.1, -0.05) is 29.8 Å². The van der Waals surface area contributed by atoms with Gasteiger partial charge in [0, 0.05) is 21.5 Å². The van der Waals surface area contributed by atoms with E-state index in [0.717, 1.165) is 21.8 Å². The van der Waals surface area contributed by atoms with E-state index in [0.29, 0.717) is 0 Å². The van der Waals surface area contributed by atoms with Crippen molar-refractivity contribution in [3.8, 4) is 11.1 Å². The fourth-order valence-corrected chi connectivity index (χ4v) is 2.18. The number of hydrogen-bond donors (Lipinski definition) is 0. The molecule has 2 aromatic rings. The van der Waals surface area contributed by atoms with E-state index < -0.39 is 0 Å². The summed E-state index contributed by atoms with van der Waals surface area (Å²) in [6, 6.07) is 7.83. The zero-order valence-corrected chi connectivity index (χ0v) is 8.69. The topological polar surface area (TPSA) is 12.9 Å². The molecule has 13 heavy (non-hydrogen) atoms. The molecular weight excluding hydrogens is 202 g/mol. The fourth-order valence-electron chi connectivity index (χ4n) is 1.23. The molecule has 0 aliphatic carbocycles. The van der Waals surface area contributed by atoms with Crippen LogP contribution in [0.25, 0.3) is 11.1 Å². The molecule has 0 radical (unpaired) electrons. The molecule has 0 N–H and O–H groups in total. The number of halogens is 1. The molecule has 66 valence electrons. The van der Waals surface area contributed by atoms with Crippen molar-refractivity contribution in [1.82, 2.24) is 4.37 Å². The number of nitrogens with zero attached hydrogens (tertiary/aromatic N) is 1. The highest BCUT2D eigenvalue weighted by molar-refractivity contribution is 7.04. The van der Waals surface area contributed by atoms with Gasteiger partial charge in [-0.25, -0.2) is 0 Å². The number of rotatable bonds is 1. The van der Waals surface area contributed by atoms with E-state index in [1.165, 1.54) is 11.5 Å². The van der Waals surface area contributed by atoms with Crippen LogP contribution in [0.2, 0.25) is 5.02 Å². The van der Waals surface area contributed by atoms with Gasteiger partial charge in [-0.3, -0.25) is 0 Å². The summed E-state index contributed by atoms with van der Waals surface area (Å²) in [5, 5.41) is 2.81. The van der Waals surface area contributed by atoms with Crippen molar-refractivity contribution in [2.24, 2.45) is 0 Å². The average molecular weight is 210 g/mol. The monoisotopic (exact) mass is 209 g/mol. The van der Waals surface area contributed by atoms with E-state index in [-0.39, 0.29) is 0 Å². The number of benzene rings is 1. The van der Waals surface area contributed by atoms with E-state index in [4.69, 9.17) is 11.6 Å². The summed E-state index contributed by atoms with van der Waals surface area (Å²) in [5.74, 6) is 0. The van der Waals surface area contributed by atoms with Crippen LogP contribution in [0.4, 0.5) is 0 Å². The third kappa shape index (κ3) is 1.60. The van der Waals surface area contributed by atoms with Crippen molar-refractivity contribution in [3.05, 3.63) is 40.4 Å². The maximum absolute atomic E-state index is 6.06. The SMILES string of the molecule is Cc1nscc1-c1ccccc1Cl. The van der Waals surface area contributed by atoms with Crippen molar-refractivity contribution in [2.45, 2.75) is 6.92 Å². The largest absolute Gasteiger partial charge is 0.197 e. The first-order chi connectivity index (χ1) is 6.29. The Morgan fingerprint density at radius 2 is 2.00 bits per heavy atom. The van der Waals surface area contributed by atoms with Crippen molar-refractivity contribution >= 4 is 23.1 Å². The number of aromatic nitrogens is 1. The molecule has 0 bridgehead atoms. The van der Waals surface area contributed by atoms with Gasteiger partial charge in [0.15, 0.2) is 0 Å². The van der Waals surface area contributed by atoms with Gasteiger partial charge in [0.25, 0.3) is 0 Å². The van der Waals surface area contributed by atoms with E-state index in [1.54, 1.807) is 0 Å². The van der Waals surface area contributed by atoms with E-state index in [2.05, 4.69) is 4.37 Å². The van der Waals surface area contributed by atoms with Crippen LogP contribution < -0.4 is 0 Å². The van der Waals surface area contributed by atoms with E-state index in [9.17, 15) is 0 Å². The molecule has 0 aliphatic heterocycles. The van der Waals surface area contributed by atoms with E-state index >= 15 is 0 Å². The molecular formula is C10H8ClNS. The minimum atomic E-state index is 0.783. The van der Waals surface area contributed by atoms with Gasteiger partial charge in [0.1, 0.15) is 0 Å². The molecule has 0 fully saturated rings. The second-order valence-electron chi connectivity index (χ2n) is 2.79. The van der Waals surface area contributed by atoms with Crippen molar-refractivity contribution in [1.29, 1.82) is 0 Å². The Bertz CT molecular complexity index is 422. The molecule has 2 rings (SSSR count). The lowest BCUT2D eigenvalue weighted by Gasteiger charge is -2.00. The molecule has 0 saturated heterocycles. The standard InChI is InChI=1S/C10H8ClNS/c1-7-9(6-13-12-7)8-4-2-3-5-10(8)11/h2-6H,1H3. The minimum absolute atomic E-state index is 0.783. The molecule has 1 nitrogen and oxygen atoms in total. The molecule has 1 aromatic carbocycles. The highest BCUT2D eigenvalue weighted by Crippen LogP contribution is 2.30. The molecule has 0 spiro atoms. The van der Waals surface area contributed by atoms with Gasteiger partial charge < -0.3 is 0 Å². The number of hydrogen-bond acceptors (Lipinski definition) is 2. The Balaban J connectivity index is 2.59. The summed E-state index contributed by atoms with van der Waals surface area (Å²) < 4.78 is 4.22. The number of aryl methyl sites for hydroxylation is 1. The minimum Gasteiger partial charge on any atom is -0.197 e. The Kier molecular flexibility index (Phi) is 2.34. The van der Waals surface area contributed by atoms with Gasteiger partial charge in [0.2, 0.25) is 0 Å². The lowest BCUT2D eigenvalue weighted by molar-refractivity contribution is 1.34. The Hall–Kier alpha value is -0.860. The first kappa shape index (κ1) is 8.73. The molecule has 0 atom stereocenters. The lowest BCUT2D eigenvalue weighted by atomic mass is 10.1. The molecule has 0 aliphatic rings. The summed E-state index contributed by atoms with van der Waals surface area (Å²) in [6.45, 7) is 2.00. The predicted octanol–water partition coefficient (Wildman–Crippen LogP) is 3.77. The molecule has 0 amide bonds. The normalized spacial score (nSPS) is 10.3. The van der Waals surface area contributed by atoms with Crippen LogP contribution in [0, 0.1) is 6.92 Å². The van der Waals surface area contributed by atoms with Crippen molar-refractivity contribution < 1.29 is 0 Å². The van der Waals surface area contributed by atoms with Crippen LogP contribution in [0.5, 0.6) is 0 Å². The van der Waals surface area contributed by atoms with Crippen LogP contribution in [-0.2, 0) is 0 Å². The van der Waals surface area contributed by atoms with Gasteiger partial charge in [0.05, 0.1) is 5.69 Å². The molecule has 0 unspecified atom stereocenters. The van der Waals surface area contributed by atoms with Crippen molar-refractivity contribution in [2.75, 3.05) is 0 Å². The second kappa shape index (κ2) is 3.48. The summed E-state index contributed by atoms with van der Waals surface area (Å²) >= 11 is 7.53. The second-order valence-corrected chi connectivity index (χ2v) is 3.83. The van der Waals surface area contributed by atoms with E-state index in [1.807, 2.05) is 36.6 Å². The summed E-state index contributed by atoms with van der Waals surface area (Å²) in [4.78, 5) is 0. The summed E-state index contributed by atoms with van der Waals surface area (Å²) in [5.41, 5.74) is 3.24. The van der Waals surface area contributed by atoms with Gasteiger partial charge >= 0.3 is 0 Å². The smallest absolute Gasteiger partial charge is 0.0590 e. The van der Waals surface area contributed by atoms with Crippen LogP contribution >= 0.6 is 23.1 Å². The predicted molar refractivity (Wildman–Crippen MR) is 57.3 cm³/mol. The molecule has 1 aromatic heterocycles. The van der Waals surface area contributed by atoms with Crippen LogP contribution in [0.1, 0.15) is 5.69 Å². The quantitative estimate of drug-likeness (QED) is 0.697. The average Bonchev–Trinajstić information content (AvgIpc) is 2.52. The third-order valence-corrected chi connectivity index (χ3v) is 2.96. The van der Waals surface area contributed by atoms with Crippen LogP contribution in [-0.4, -0.2) is 4.37 Å². The highest BCUT2D eigenvalue weighted by atomic mass is 35.5. The lowest BCUT2D eigenvalue weighted by Crippen LogP contribution is -1.79. The van der Waals surface area contributed by atoms with Gasteiger partial charge in [-0.15, -0.1) is 0 Å². The first-order valence-electron chi connectivity index (χ1n) is 3.95. The first-order valence-corrected chi connectivity index (χ1v) is 5.16. The van der Waals surface area contributed by atoms with Gasteiger partial charge in [-0.2, -0.15) is 4.37 Å². The van der Waals surface area contributed by atoms with Crippen LogP contribution in [0.15, 0.2) is 29.6 Å². The van der Waals surface area contributed by atoms with Crippen LogP contribution in [0.3, 0.4) is 0 Å². The molecule has 1 heterocycles. The zero-order chi connectivity index (χ0) is 9.26.